The highest BCUT2D eigenvalue weighted by atomic mass is 31.4. The number of benzene rings is 2. The molecule has 0 aliphatic heterocycles. The Morgan fingerprint density at radius 2 is 0.970 bits per heavy atom. The van der Waals surface area contributed by atoms with E-state index in [4.69, 9.17) is 18.9 Å². The molecule has 0 heterocycles. The predicted molar refractivity (Wildman–Crippen MR) is 153 cm³/mol. The Balaban J connectivity index is 2.89. The fourth-order valence-corrected chi connectivity index (χ4v) is 15.5. The monoisotopic (exact) mass is 522 g/mol. The molecule has 33 heavy (non-hydrogen) atoms. The first-order chi connectivity index (χ1) is 15.2. The minimum absolute atomic E-state index is 0.255. The summed E-state index contributed by atoms with van der Waals surface area (Å²) in [5.41, 5.74) is 0. The van der Waals surface area contributed by atoms with Crippen molar-refractivity contribution in [3.05, 3.63) is 36.4 Å². The molecule has 0 fully saturated rings. The van der Waals surface area contributed by atoms with Gasteiger partial charge in [-0.1, -0.05) is 103 Å². The molecular formula is C25H43O4PSi3. The van der Waals surface area contributed by atoms with Crippen molar-refractivity contribution in [2.45, 2.75) is 58.9 Å². The van der Waals surface area contributed by atoms with Crippen LogP contribution in [0.1, 0.15) is 0 Å². The summed E-state index contributed by atoms with van der Waals surface area (Å²) in [6, 6.07) is 13.5. The standard InChI is InChI=1S/C25H43O4PSi3/c1-26-18-28-24-20(14-12-16-22(24)31(3,4)5)30(33(9,10)11)21-15-13-17-23(32(6,7)8)25(21)29-19-27-2/h12-17H,18-19H2,1-11H3. The van der Waals surface area contributed by atoms with Crippen molar-refractivity contribution < 1.29 is 18.9 Å². The normalized spacial score (nSPS) is 12.8. The lowest BCUT2D eigenvalue weighted by Crippen LogP contribution is -2.44. The van der Waals surface area contributed by atoms with Gasteiger partial charge in [0.05, 0.1) is 23.9 Å². The van der Waals surface area contributed by atoms with Gasteiger partial charge < -0.3 is 18.9 Å². The van der Waals surface area contributed by atoms with Gasteiger partial charge in [0.25, 0.3) is 0 Å². The molecule has 2 aromatic carbocycles. The summed E-state index contributed by atoms with van der Waals surface area (Å²) >= 11 is 0. The van der Waals surface area contributed by atoms with E-state index in [1.54, 1.807) is 14.2 Å². The van der Waals surface area contributed by atoms with Gasteiger partial charge in [0.2, 0.25) is 0 Å². The summed E-state index contributed by atoms with van der Waals surface area (Å²) in [6.45, 7) is 22.1. The average molecular weight is 523 g/mol. The lowest BCUT2D eigenvalue weighted by atomic mass is 10.3. The fourth-order valence-electron chi connectivity index (χ4n) is 3.97. The maximum absolute atomic E-state index is 6.35. The van der Waals surface area contributed by atoms with Gasteiger partial charge in [0.1, 0.15) is 11.5 Å². The van der Waals surface area contributed by atoms with Crippen molar-refractivity contribution in [2.75, 3.05) is 27.8 Å². The Morgan fingerprint density at radius 1 is 0.606 bits per heavy atom. The molecule has 184 valence electrons. The van der Waals surface area contributed by atoms with Crippen LogP contribution in [0.4, 0.5) is 0 Å². The van der Waals surface area contributed by atoms with Gasteiger partial charge in [-0.05, 0) is 10.4 Å². The van der Waals surface area contributed by atoms with Crippen molar-refractivity contribution in [1.82, 2.24) is 0 Å². The predicted octanol–water partition coefficient (Wildman–Crippen LogP) is 5.01. The minimum Gasteiger partial charge on any atom is -0.467 e. The molecule has 4 nitrogen and oxygen atoms in total. The van der Waals surface area contributed by atoms with Crippen LogP contribution in [-0.2, 0) is 9.47 Å². The molecule has 0 radical (unpaired) electrons. The third kappa shape index (κ3) is 7.03. The summed E-state index contributed by atoms with van der Waals surface area (Å²) in [6.07, 6.45) is 0. The second-order valence-corrected chi connectivity index (χ2v) is 32.8. The molecule has 2 aromatic rings. The first-order valence-electron chi connectivity index (χ1n) is 11.5. The fraction of sp³-hybridized carbons (Fsp3) is 0.520. The molecule has 0 bridgehead atoms. The van der Waals surface area contributed by atoms with E-state index in [-0.39, 0.29) is 13.6 Å². The maximum atomic E-state index is 6.35. The molecule has 8 heteroatoms. The Labute approximate surface area is 205 Å². The summed E-state index contributed by atoms with van der Waals surface area (Å²) in [5, 5.41) is 5.33. The lowest BCUT2D eigenvalue weighted by Gasteiger charge is -2.36. The van der Waals surface area contributed by atoms with E-state index >= 15 is 0 Å². The van der Waals surface area contributed by atoms with Crippen LogP contribution < -0.4 is 30.5 Å². The van der Waals surface area contributed by atoms with Crippen LogP contribution >= 0.6 is 7.47 Å². The summed E-state index contributed by atoms with van der Waals surface area (Å²) in [5.74, 6) is 2.06. The zero-order valence-electron chi connectivity index (χ0n) is 22.5. The van der Waals surface area contributed by atoms with Gasteiger partial charge in [-0.25, -0.2) is 0 Å². The Bertz CT molecular complexity index is 861. The second kappa shape index (κ2) is 11.2. The molecule has 0 saturated heterocycles. The van der Waals surface area contributed by atoms with Crippen molar-refractivity contribution in [3.8, 4) is 11.5 Å². The summed E-state index contributed by atoms with van der Waals surface area (Å²) in [7, 11) is -2.30. The topological polar surface area (TPSA) is 36.9 Å². The molecular weight excluding hydrogens is 480 g/mol. The maximum Gasteiger partial charge on any atom is 0.188 e. The van der Waals surface area contributed by atoms with Gasteiger partial charge >= 0.3 is 0 Å². The molecule has 0 aromatic heterocycles. The van der Waals surface area contributed by atoms with Gasteiger partial charge in [-0.3, -0.25) is 0 Å². The number of rotatable bonds is 11. The van der Waals surface area contributed by atoms with Crippen LogP contribution in [0.25, 0.3) is 0 Å². The van der Waals surface area contributed by atoms with Crippen LogP contribution in [0.3, 0.4) is 0 Å². The van der Waals surface area contributed by atoms with Gasteiger partial charge in [0, 0.05) is 24.8 Å². The third-order valence-corrected chi connectivity index (χ3v) is 17.9. The van der Waals surface area contributed by atoms with E-state index < -0.39 is 31.4 Å². The largest absolute Gasteiger partial charge is 0.467 e. The zero-order valence-corrected chi connectivity index (χ0v) is 26.4. The lowest BCUT2D eigenvalue weighted by molar-refractivity contribution is 0.0525. The van der Waals surface area contributed by atoms with E-state index in [2.05, 4.69) is 95.3 Å². The first-order valence-corrected chi connectivity index (χ1v) is 24.2. The second-order valence-electron chi connectivity index (χ2n) is 11.4. The van der Waals surface area contributed by atoms with E-state index in [1.807, 2.05) is 0 Å². The highest BCUT2D eigenvalue weighted by Crippen LogP contribution is 2.48. The Hall–Kier alpha value is -0.959. The van der Waals surface area contributed by atoms with Crippen LogP contribution in [0.5, 0.6) is 11.5 Å². The van der Waals surface area contributed by atoms with E-state index in [1.165, 1.54) is 21.0 Å². The van der Waals surface area contributed by atoms with Crippen molar-refractivity contribution >= 4 is 52.3 Å². The van der Waals surface area contributed by atoms with E-state index in [0.29, 0.717) is 0 Å². The quantitative estimate of drug-likeness (QED) is 0.236. The average Bonchev–Trinajstić information content (AvgIpc) is 2.69. The smallest absolute Gasteiger partial charge is 0.188 e. The number of para-hydroxylation sites is 2. The zero-order chi connectivity index (χ0) is 25.0. The first kappa shape index (κ1) is 28.3. The van der Waals surface area contributed by atoms with Crippen molar-refractivity contribution in [1.29, 1.82) is 0 Å². The SMILES string of the molecule is COCOc1c(P(c2cccc([Si](C)(C)C)c2OCOC)[Si](C)(C)C)cccc1[Si](C)(C)C. The van der Waals surface area contributed by atoms with Gasteiger partial charge in [0.15, 0.2) is 13.6 Å². The summed E-state index contributed by atoms with van der Waals surface area (Å²) < 4.78 is 23.4. The van der Waals surface area contributed by atoms with Crippen LogP contribution in [0, 0.1) is 0 Å². The number of ether oxygens (including phenoxy) is 4. The Kier molecular flexibility index (Phi) is 9.59. The van der Waals surface area contributed by atoms with Crippen molar-refractivity contribution in [2.24, 2.45) is 0 Å². The highest BCUT2D eigenvalue weighted by molar-refractivity contribution is 8.04. The van der Waals surface area contributed by atoms with E-state index in [9.17, 15) is 0 Å². The van der Waals surface area contributed by atoms with Gasteiger partial charge in [-0.15, -0.1) is 0 Å². The van der Waals surface area contributed by atoms with Gasteiger partial charge in [-0.2, -0.15) is 0 Å². The highest BCUT2D eigenvalue weighted by Gasteiger charge is 2.37. The summed E-state index contributed by atoms with van der Waals surface area (Å²) in [4.78, 5) is 0. The third-order valence-electron chi connectivity index (χ3n) is 5.40. The molecule has 0 atom stereocenters. The molecule has 0 N–H and O–H groups in total. The van der Waals surface area contributed by atoms with Crippen LogP contribution in [-0.4, -0.2) is 51.7 Å². The Morgan fingerprint density at radius 3 is 1.24 bits per heavy atom. The number of hydrogen-bond acceptors (Lipinski definition) is 4. The van der Waals surface area contributed by atoms with Crippen LogP contribution in [0.2, 0.25) is 58.9 Å². The molecule has 0 unspecified atom stereocenters. The number of methoxy groups -OCH3 is 2. The minimum atomic E-state index is -1.72. The molecule has 0 saturated carbocycles. The van der Waals surface area contributed by atoms with Crippen LogP contribution in [0.15, 0.2) is 36.4 Å². The number of hydrogen-bond donors (Lipinski definition) is 0. The molecule has 0 aliphatic carbocycles. The van der Waals surface area contributed by atoms with Crippen molar-refractivity contribution in [3.63, 3.8) is 0 Å². The molecule has 0 amide bonds. The molecule has 2 rings (SSSR count). The molecule has 0 spiro atoms. The molecule has 0 aliphatic rings. The van der Waals surface area contributed by atoms with E-state index in [0.717, 1.165) is 11.5 Å².